The maximum Gasteiger partial charge on any atom is 0.254 e. The molecule has 2 unspecified atom stereocenters. The lowest BCUT2D eigenvalue weighted by Gasteiger charge is -2.28. The van der Waals surface area contributed by atoms with E-state index in [0.717, 1.165) is 41.4 Å². The van der Waals surface area contributed by atoms with E-state index in [9.17, 15) is 9.59 Å². The van der Waals surface area contributed by atoms with Gasteiger partial charge in [0, 0.05) is 34.1 Å². The molecule has 0 radical (unpaired) electrons. The first kappa shape index (κ1) is 14.0. The summed E-state index contributed by atoms with van der Waals surface area (Å²) in [5.41, 5.74) is 0.739. The van der Waals surface area contributed by atoms with Gasteiger partial charge in [-0.05, 0) is 72.5 Å². The Balaban J connectivity index is 1.79. The Labute approximate surface area is 132 Å². The number of rotatable bonds is 2. The van der Waals surface area contributed by atoms with Gasteiger partial charge in [-0.3, -0.25) is 9.59 Å². The second-order valence-corrected chi connectivity index (χ2v) is 6.93. The largest absolute Gasteiger partial charge is 0.335 e. The second-order valence-electron chi connectivity index (χ2n) is 5.68. The van der Waals surface area contributed by atoms with Crippen LogP contribution in [-0.4, -0.2) is 29.2 Å². The summed E-state index contributed by atoms with van der Waals surface area (Å²) in [5.74, 6) is 0.534. The number of halogens is 1. The SMILES string of the molecule is O=C1CCCC1C1CCCN1C(=O)c1ccc(I)cc1. The summed E-state index contributed by atoms with van der Waals surface area (Å²) in [5, 5.41) is 0. The van der Waals surface area contributed by atoms with Crippen molar-refractivity contribution in [1.29, 1.82) is 0 Å². The molecule has 3 rings (SSSR count). The fraction of sp³-hybridized carbons (Fsp3) is 0.500. The van der Waals surface area contributed by atoms with E-state index in [1.807, 2.05) is 29.2 Å². The van der Waals surface area contributed by atoms with E-state index in [1.54, 1.807) is 0 Å². The van der Waals surface area contributed by atoms with Gasteiger partial charge in [0.15, 0.2) is 0 Å². The monoisotopic (exact) mass is 383 g/mol. The molecule has 2 atom stereocenters. The molecule has 20 heavy (non-hydrogen) atoms. The van der Waals surface area contributed by atoms with Crippen LogP contribution in [0.5, 0.6) is 0 Å². The summed E-state index contributed by atoms with van der Waals surface area (Å²) < 4.78 is 1.13. The fourth-order valence-electron chi connectivity index (χ4n) is 3.47. The van der Waals surface area contributed by atoms with Crippen LogP contribution in [0.3, 0.4) is 0 Å². The smallest absolute Gasteiger partial charge is 0.254 e. The molecule has 1 heterocycles. The van der Waals surface area contributed by atoms with Crippen molar-refractivity contribution in [1.82, 2.24) is 4.90 Å². The van der Waals surface area contributed by atoms with Crippen LogP contribution in [-0.2, 0) is 4.79 Å². The standard InChI is InChI=1S/C16H18INO2/c17-12-8-6-11(7-9-12)16(20)18-10-2-4-14(18)13-3-1-5-15(13)19/h6-9,13-14H,1-5,10H2. The molecule has 1 saturated heterocycles. The van der Waals surface area contributed by atoms with Crippen molar-refractivity contribution in [2.24, 2.45) is 5.92 Å². The van der Waals surface area contributed by atoms with Crippen molar-refractivity contribution in [2.75, 3.05) is 6.54 Å². The van der Waals surface area contributed by atoms with Crippen LogP contribution in [0.15, 0.2) is 24.3 Å². The number of nitrogens with zero attached hydrogens (tertiary/aromatic N) is 1. The third kappa shape index (κ3) is 2.62. The van der Waals surface area contributed by atoms with Crippen LogP contribution >= 0.6 is 22.6 Å². The molecule has 0 bridgehead atoms. The van der Waals surface area contributed by atoms with E-state index in [4.69, 9.17) is 0 Å². The summed E-state index contributed by atoms with van der Waals surface area (Å²) in [6.07, 6.45) is 4.65. The Kier molecular flexibility index (Phi) is 4.10. The third-order valence-electron chi connectivity index (χ3n) is 4.47. The maximum absolute atomic E-state index is 12.6. The molecule has 1 saturated carbocycles. The summed E-state index contributed by atoms with van der Waals surface area (Å²) in [7, 11) is 0. The number of likely N-dealkylation sites (tertiary alicyclic amines) is 1. The molecule has 4 heteroatoms. The predicted molar refractivity (Wildman–Crippen MR) is 85.6 cm³/mol. The Hall–Kier alpha value is -0.910. The predicted octanol–water partition coefficient (Wildman–Crippen LogP) is 3.27. The molecule has 1 aromatic carbocycles. The molecule has 3 nitrogen and oxygen atoms in total. The molecule has 2 fully saturated rings. The van der Waals surface area contributed by atoms with Gasteiger partial charge >= 0.3 is 0 Å². The van der Waals surface area contributed by atoms with Gasteiger partial charge in [-0.25, -0.2) is 0 Å². The number of carbonyl (C=O) groups is 2. The van der Waals surface area contributed by atoms with Crippen molar-refractivity contribution in [3.63, 3.8) is 0 Å². The number of hydrogen-bond donors (Lipinski definition) is 0. The number of carbonyl (C=O) groups excluding carboxylic acids is 2. The van der Waals surface area contributed by atoms with Crippen LogP contribution in [0.25, 0.3) is 0 Å². The number of ketones is 1. The minimum Gasteiger partial charge on any atom is -0.335 e. The fourth-order valence-corrected chi connectivity index (χ4v) is 3.83. The Bertz CT molecular complexity index is 526. The van der Waals surface area contributed by atoms with Gasteiger partial charge in [-0.15, -0.1) is 0 Å². The van der Waals surface area contributed by atoms with Crippen molar-refractivity contribution < 1.29 is 9.59 Å². The zero-order chi connectivity index (χ0) is 14.1. The highest BCUT2D eigenvalue weighted by Gasteiger charge is 2.40. The van der Waals surface area contributed by atoms with Crippen molar-refractivity contribution in [2.45, 2.75) is 38.1 Å². The molecule has 1 aliphatic heterocycles. The van der Waals surface area contributed by atoms with Crippen LogP contribution in [0.2, 0.25) is 0 Å². The van der Waals surface area contributed by atoms with E-state index >= 15 is 0 Å². The average molecular weight is 383 g/mol. The minimum absolute atomic E-state index is 0.0867. The van der Waals surface area contributed by atoms with Gasteiger partial charge in [0.1, 0.15) is 5.78 Å². The van der Waals surface area contributed by atoms with Crippen molar-refractivity contribution in [3.8, 4) is 0 Å². The van der Waals surface area contributed by atoms with Gasteiger partial charge in [0.25, 0.3) is 5.91 Å². The average Bonchev–Trinajstić information content (AvgIpc) is 3.07. The van der Waals surface area contributed by atoms with Crippen molar-refractivity contribution >= 4 is 34.3 Å². The summed E-state index contributed by atoms with van der Waals surface area (Å²) in [4.78, 5) is 26.6. The van der Waals surface area contributed by atoms with Gasteiger partial charge in [0.2, 0.25) is 0 Å². The Morgan fingerprint density at radius 1 is 1.15 bits per heavy atom. The lowest BCUT2D eigenvalue weighted by molar-refractivity contribution is -0.121. The molecule has 1 aromatic rings. The first-order valence-electron chi connectivity index (χ1n) is 7.26. The highest BCUT2D eigenvalue weighted by molar-refractivity contribution is 14.1. The normalized spacial score (nSPS) is 26.2. The van der Waals surface area contributed by atoms with Gasteiger partial charge < -0.3 is 4.90 Å². The van der Waals surface area contributed by atoms with E-state index in [2.05, 4.69) is 22.6 Å². The summed E-state index contributed by atoms with van der Waals surface area (Å²) in [6.45, 7) is 0.791. The van der Waals surface area contributed by atoms with Crippen LogP contribution in [0.4, 0.5) is 0 Å². The lowest BCUT2D eigenvalue weighted by Crippen LogP contribution is -2.41. The third-order valence-corrected chi connectivity index (χ3v) is 5.19. The molecule has 1 aliphatic carbocycles. The molecular formula is C16H18INO2. The highest BCUT2D eigenvalue weighted by atomic mass is 127. The molecule has 0 N–H and O–H groups in total. The van der Waals surface area contributed by atoms with E-state index < -0.39 is 0 Å². The molecule has 0 aromatic heterocycles. The van der Waals surface area contributed by atoms with E-state index in [1.165, 1.54) is 0 Å². The number of benzene rings is 1. The second kappa shape index (κ2) is 5.84. The van der Waals surface area contributed by atoms with E-state index in [0.29, 0.717) is 12.2 Å². The topological polar surface area (TPSA) is 37.4 Å². The molecule has 0 spiro atoms. The molecule has 106 valence electrons. The zero-order valence-corrected chi connectivity index (χ0v) is 13.5. The highest BCUT2D eigenvalue weighted by Crippen LogP contribution is 2.34. The zero-order valence-electron chi connectivity index (χ0n) is 11.3. The Morgan fingerprint density at radius 2 is 1.90 bits per heavy atom. The molecule has 2 aliphatic rings. The minimum atomic E-state index is 0.0867. The van der Waals surface area contributed by atoms with Crippen molar-refractivity contribution in [3.05, 3.63) is 33.4 Å². The Morgan fingerprint density at radius 3 is 2.55 bits per heavy atom. The molecular weight excluding hydrogens is 365 g/mol. The summed E-state index contributed by atoms with van der Waals surface area (Å²) >= 11 is 2.24. The van der Waals surface area contributed by atoms with Gasteiger partial charge in [0.05, 0.1) is 0 Å². The van der Waals surface area contributed by atoms with Crippen LogP contribution in [0, 0.1) is 9.49 Å². The number of hydrogen-bond acceptors (Lipinski definition) is 2. The van der Waals surface area contributed by atoms with E-state index in [-0.39, 0.29) is 17.9 Å². The maximum atomic E-state index is 12.6. The number of amides is 1. The quantitative estimate of drug-likeness (QED) is 0.736. The number of Topliss-reactive ketones (excluding diaryl/α,β-unsaturated/α-hetero) is 1. The molecule has 1 amide bonds. The lowest BCUT2D eigenvalue weighted by atomic mass is 9.94. The summed E-state index contributed by atoms with van der Waals surface area (Å²) in [6, 6.07) is 7.82. The van der Waals surface area contributed by atoms with Gasteiger partial charge in [-0.2, -0.15) is 0 Å². The van der Waals surface area contributed by atoms with Crippen LogP contribution in [0.1, 0.15) is 42.5 Å². The van der Waals surface area contributed by atoms with Crippen LogP contribution < -0.4 is 0 Å². The first-order valence-corrected chi connectivity index (χ1v) is 8.34. The van der Waals surface area contributed by atoms with Gasteiger partial charge in [-0.1, -0.05) is 0 Å². The first-order chi connectivity index (χ1) is 9.66.